The Morgan fingerprint density at radius 1 is 1.38 bits per heavy atom. The lowest BCUT2D eigenvalue weighted by Gasteiger charge is -2.26. The molecule has 3 N–H and O–H groups in total. The minimum Gasteiger partial charge on any atom is -0.388 e. The molecule has 2 nitrogen and oxygen atoms in total. The van der Waals surface area contributed by atoms with E-state index in [1.165, 1.54) is 0 Å². The molecule has 3 heteroatoms. The Kier molecular flexibility index (Phi) is 3.11. The van der Waals surface area contributed by atoms with Crippen LogP contribution in [0.3, 0.4) is 0 Å². The van der Waals surface area contributed by atoms with Crippen molar-refractivity contribution in [1.29, 1.82) is 0 Å². The number of halogens is 1. The zero-order valence-electron chi connectivity index (χ0n) is 7.79. The van der Waals surface area contributed by atoms with Crippen molar-refractivity contribution in [1.82, 2.24) is 0 Å². The fraction of sp³-hybridized carbons (Fsp3) is 0.400. The molecule has 0 aliphatic rings. The van der Waals surface area contributed by atoms with E-state index < -0.39 is 5.60 Å². The molecule has 1 unspecified atom stereocenters. The Balaban J connectivity index is 3.02. The number of aliphatic hydroxyl groups is 1. The SMILES string of the molecule is CC(C)(O)C(N)c1ccccc1Br. The average molecular weight is 244 g/mol. The maximum absolute atomic E-state index is 9.72. The first-order valence-electron chi connectivity index (χ1n) is 4.15. The number of rotatable bonds is 2. The van der Waals surface area contributed by atoms with E-state index in [1.807, 2.05) is 24.3 Å². The standard InChI is InChI=1S/C10H14BrNO/c1-10(2,13)9(12)7-5-3-4-6-8(7)11/h3-6,9,13H,12H2,1-2H3. The molecule has 0 heterocycles. The van der Waals surface area contributed by atoms with Crippen LogP contribution in [0.2, 0.25) is 0 Å². The Bertz CT molecular complexity index is 293. The molecule has 0 radical (unpaired) electrons. The Hall–Kier alpha value is -0.380. The predicted octanol–water partition coefficient (Wildman–Crippen LogP) is 2.22. The van der Waals surface area contributed by atoms with Gasteiger partial charge in [-0.1, -0.05) is 34.1 Å². The maximum Gasteiger partial charge on any atom is 0.0783 e. The van der Waals surface area contributed by atoms with Gasteiger partial charge in [0.25, 0.3) is 0 Å². The molecule has 72 valence electrons. The van der Waals surface area contributed by atoms with Crippen molar-refractivity contribution in [2.45, 2.75) is 25.5 Å². The summed E-state index contributed by atoms with van der Waals surface area (Å²) in [6, 6.07) is 7.28. The van der Waals surface area contributed by atoms with Crippen LogP contribution in [-0.4, -0.2) is 10.7 Å². The Morgan fingerprint density at radius 3 is 2.38 bits per heavy atom. The minimum atomic E-state index is -0.899. The van der Waals surface area contributed by atoms with Crippen LogP contribution in [0.5, 0.6) is 0 Å². The lowest BCUT2D eigenvalue weighted by atomic mass is 9.93. The van der Waals surface area contributed by atoms with Crippen LogP contribution in [-0.2, 0) is 0 Å². The molecule has 0 aliphatic heterocycles. The van der Waals surface area contributed by atoms with E-state index >= 15 is 0 Å². The first-order valence-corrected chi connectivity index (χ1v) is 4.94. The third-order valence-corrected chi connectivity index (χ3v) is 2.72. The van der Waals surface area contributed by atoms with E-state index in [2.05, 4.69) is 15.9 Å². The van der Waals surface area contributed by atoms with Gasteiger partial charge in [0.05, 0.1) is 11.6 Å². The molecule has 1 atom stereocenters. The van der Waals surface area contributed by atoms with Gasteiger partial charge >= 0.3 is 0 Å². The summed E-state index contributed by atoms with van der Waals surface area (Å²) >= 11 is 3.40. The minimum absolute atomic E-state index is 0.372. The van der Waals surface area contributed by atoms with E-state index in [-0.39, 0.29) is 6.04 Å². The third-order valence-electron chi connectivity index (χ3n) is 2.00. The highest BCUT2D eigenvalue weighted by atomic mass is 79.9. The molecular formula is C10H14BrNO. The second-order valence-corrected chi connectivity index (χ2v) is 4.51. The number of hydrogen-bond acceptors (Lipinski definition) is 2. The highest BCUT2D eigenvalue weighted by molar-refractivity contribution is 9.10. The second-order valence-electron chi connectivity index (χ2n) is 3.65. The molecule has 0 spiro atoms. The molecule has 1 aromatic rings. The van der Waals surface area contributed by atoms with Gasteiger partial charge in [0, 0.05) is 4.47 Å². The summed E-state index contributed by atoms with van der Waals surface area (Å²) in [4.78, 5) is 0. The molecule has 1 aromatic carbocycles. The summed E-state index contributed by atoms with van der Waals surface area (Å²) in [5, 5.41) is 9.72. The van der Waals surface area contributed by atoms with E-state index in [9.17, 15) is 5.11 Å². The van der Waals surface area contributed by atoms with Crippen LogP contribution in [0.15, 0.2) is 28.7 Å². The molecule has 0 saturated heterocycles. The molecule has 0 saturated carbocycles. The van der Waals surface area contributed by atoms with Crippen molar-refractivity contribution in [3.8, 4) is 0 Å². The quantitative estimate of drug-likeness (QED) is 0.837. The molecule has 0 aromatic heterocycles. The summed E-state index contributed by atoms with van der Waals surface area (Å²) in [5.41, 5.74) is 5.92. The molecule has 1 rings (SSSR count). The smallest absolute Gasteiger partial charge is 0.0783 e. The number of hydrogen-bond donors (Lipinski definition) is 2. The summed E-state index contributed by atoms with van der Waals surface area (Å²) in [7, 11) is 0. The highest BCUT2D eigenvalue weighted by Gasteiger charge is 2.25. The lowest BCUT2D eigenvalue weighted by Crippen LogP contribution is -2.35. The van der Waals surface area contributed by atoms with Crippen molar-refractivity contribution in [3.05, 3.63) is 34.3 Å². The predicted molar refractivity (Wildman–Crippen MR) is 57.4 cm³/mol. The monoisotopic (exact) mass is 243 g/mol. The van der Waals surface area contributed by atoms with Crippen molar-refractivity contribution in [3.63, 3.8) is 0 Å². The van der Waals surface area contributed by atoms with Crippen LogP contribution in [0, 0.1) is 0 Å². The summed E-state index contributed by atoms with van der Waals surface area (Å²) in [6.45, 7) is 3.41. The second kappa shape index (κ2) is 3.78. The number of nitrogens with two attached hydrogens (primary N) is 1. The van der Waals surface area contributed by atoms with Gasteiger partial charge in [-0.05, 0) is 25.5 Å². The van der Waals surface area contributed by atoms with Crippen LogP contribution in [0.4, 0.5) is 0 Å². The zero-order valence-corrected chi connectivity index (χ0v) is 9.38. The van der Waals surface area contributed by atoms with Crippen molar-refractivity contribution < 1.29 is 5.11 Å². The molecular weight excluding hydrogens is 230 g/mol. The van der Waals surface area contributed by atoms with E-state index in [1.54, 1.807) is 13.8 Å². The maximum atomic E-state index is 9.72. The third kappa shape index (κ3) is 2.53. The van der Waals surface area contributed by atoms with E-state index in [4.69, 9.17) is 5.73 Å². The molecule has 13 heavy (non-hydrogen) atoms. The van der Waals surface area contributed by atoms with Gasteiger partial charge in [-0.25, -0.2) is 0 Å². The van der Waals surface area contributed by atoms with Gasteiger partial charge < -0.3 is 10.8 Å². The van der Waals surface area contributed by atoms with Crippen LogP contribution in [0.25, 0.3) is 0 Å². The summed E-state index contributed by atoms with van der Waals surface area (Å²) in [6.07, 6.45) is 0. The van der Waals surface area contributed by atoms with Crippen molar-refractivity contribution >= 4 is 15.9 Å². The fourth-order valence-corrected chi connectivity index (χ4v) is 1.64. The normalized spacial score (nSPS) is 14.2. The van der Waals surface area contributed by atoms with Gasteiger partial charge in [-0.2, -0.15) is 0 Å². The molecule has 0 bridgehead atoms. The van der Waals surface area contributed by atoms with Crippen LogP contribution in [0.1, 0.15) is 25.5 Å². The van der Waals surface area contributed by atoms with Gasteiger partial charge in [0.15, 0.2) is 0 Å². The van der Waals surface area contributed by atoms with E-state index in [0.29, 0.717) is 0 Å². The molecule has 0 aliphatic carbocycles. The average Bonchev–Trinajstić information content (AvgIpc) is 2.02. The first-order chi connectivity index (χ1) is 5.93. The largest absolute Gasteiger partial charge is 0.388 e. The Morgan fingerprint density at radius 2 is 1.92 bits per heavy atom. The van der Waals surface area contributed by atoms with Crippen molar-refractivity contribution in [2.75, 3.05) is 0 Å². The van der Waals surface area contributed by atoms with Gasteiger partial charge in [-0.3, -0.25) is 0 Å². The van der Waals surface area contributed by atoms with Gasteiger partial charge in [-0.15, -0.1) is 0 Å². The number of benzene rings is 1. The summed E-state index contributed by atoms with van der Waals surface area (Å²) < 4.78 is 0.935. The zero-order chi connectivity index (χ0) is 10.1. The van der Waals surface area contributed by atoms with Gasteiger partial charge in [0.1, 0.15) is 0 Å². The van der Waals surface area contributed by atoms with E-state index in [0.717, 1.165) is 10.0 Å². The lowest BCUT2D eigenvalue weighted by molar-refractivity contribution is 0.0515. The fourth-order valence-electron chi connectivity index (χ4n) is 1.11. The van der Waals surface area contributed by atoms with Crippen LogP contribution >= 0.6 is 15.9 Å². The summed E-state index contributed by atoms with van der Waals surface area (Å²) in [5.74, 6) is 0. The highest BCUT2D eigenvalue weighted by Crippen LogP contribution is 2.28. The first kappa shape index (κ1) is 10.7. The van der Waals surface area contributed by atoms with Gasteiger partial charge in [0.2, 0.25) is 0 Å². The molecule has 0 amide bonds. The van der Waals surface area contributed by atoms with Crippen LogP contribution < -0.4 is 5.73 Å². The van der Waals surface area contributed by atoms with Crippen molar-refractivity contribution in [2.24, 2.45) is 5.73 Å². The Labute approximate surface area is 86.9 Å². The molecule has 0 fully saturated rings. The topological polar surface area (TPSA) is 46.2 Å².